The summed E-state index contributed by atoms with van der Waals surface area (Å²) in [6, 6.07) is 0. The summed E-state index contributed by atoms with van der Waals surface area (Å²) in [5.74, 6) is 0.482. The van der Waals surface area contributed by atoms with Gasteiger partial charge in [0.25, 0.3) is 0 Å². The number of aliphatic hydroxyl groups is 1. The zero-order chi connectivity index (χ0) is 12.2. The lowest BCUT2D eigenvalue weighted by Gasteiger charge is -2.42. The van der Waals surface area contributed by atoms with Gasteiger partial charge in [0, 0.05) is 6.54 Å². The highest BCUT2D eigenvalue weighted by Gasteiger charge is 2.37. The third-order valence-electron chi connectivity index (χ3n) is 4.12. The maximum atomic E-state index is 10.4. The molecule has 1 N–H and O–H groups in total. The lowest BCUT2D eigenvalue weighted by Crippen LogP contribution is -2.45. The van der Waals surface area contributed by atoms with Gasteiger partial charge in [0.05, 0.1) is 6.10 Å². The van der Waals surface area contributed by atoms with Crippen LogP contribution in [0.25, 0.3) is 0 Å². The minimum absolute atomic E-state index is 0.118. The number of aliphatic hydroxyl groups excluding tert-OH is 1. The van der Waals surface area contributed by atoms with Gasteiger partial charge in [-0.2, -0.15) is 0 Å². The Labute approximate surface area is 101 Å². The molecule has 2 nitrogen and oxygen atoms in total. The van der Waals surface area contributed by atoms with Crippen LogP contribution < -0.4 is 0 Å². The summed E-state index contributed by atoms with van der Waals surface area (Å²) in [4.78, 5) is 2.48. The van der Waals surface area contributed by atoms with E-state index in [1.54, 1.807) is 0 Å². The molecule has 1 aliphatic rings. The third kappa shape index (κ3) is 3.46. The maximum Gasteiger partial charge on any atom is 0.0631 e. The summed E-state index contributed by atoms with van der Waals surface area (Å²) in [5.41, 5.74) is 0.120. The van der Waals surface area contributed by atoms with E-state index in [4.69, 9.17) is 0 Å². The van der Waals surface area contributed by atoms with Crippen molar-refractivity contribution in [3.63, 3.8) is 0 Å². The average molecular weight is 227 g/mol. The Bertz CT molecular complexity index is 203. The Morgan fingerprint density at radius 1 is 1.31 bits per heavy atom. The predicted molar refractivity (Wildman–Crippen MR) is 69.5 cm³/mol. The van der Waals surface area contributed by atoms with Crippen LogP contribution in [0.1, 0.15) is 53.4 Å². The van der Waals surface area contributed by atoms with Gasteiger partial charge in [-0.25, -0.2) is 0 Å². The first-order valence-electron chi connectivity index (χ1n) is 6.91. The fraction of sp³-hybridized carbons (Fsp3) is 1.00. The highest BCUT2D eigenvalue weighted by Crippen LogP contribution is 2.39. The SMILES string of the molecule is CCCN(CC)CC1CCCC(C)(C)C1O. The van der Waals surface area contributed by atoms with E-state index in [1.165, 1.54) is 32.2 Å². The standard InChI is InChI=1S/C14H29NO/c1-5-10-15(6-2)11-12-8-7-9-14(3,4)13(12)16/h12-13,16H,5-11H2,1-4H3. The molecule has 0 heterocycles. The van der Waals surface area contributed by atoms with Crippen LogP contribution in [0.15, 0.2) is 0 Å². The molecule has 0 aromatic heterocycles. The molecule has 1 aliphatic carbocycles. The van der Waals surface area contributed by atoms with Crippen LogP contribution in [0, 0.1) is 11.3 Å². The van der Waals surface area contributed by atoms with E-state index in [-0.39, 0.29) is 11.5 Å². The van der Waals surface area contributed by atoms with Gasteiger partial charge in [-0.15, -0.1) is 0 Å². The van der Waals surface area contributed by atoms with E-state index in [0.717, 1.165) is 13.1 Å². The van der Waals surface area contributed by atoms with Crippen molar-refractivity contribution < 1.29 is 5.11 Å². The summed E-state index contributed by atoms with van der Waals surface area (Å²) >= 11 is 0. The van der Waals surface area contributed by atoms with Crippen molar-refractivity contribution in [3.8, 4) is 0 Å². The summed E-state index contributed by atoms with van der Waals surface area (Å²) in [6.45, 7) is 12.2. The molecular weight excluding hydrogens is 198 g/mol. The molecule has 1 fully saturated rings. The molecule has 0 spiro atoms. The van der Waals surface area contributed by atoms with Crippen molar-refractivity contribution in [2.24, 2.45) is 11.3 Å². The second kappa shape index (κ2) is 6.02. The molecular formula is C14H29NO. The molecule has 0 saturated heterocycles. The van der Waals surface area contributed by atoms with Crippen molar-refractivity contribution in [1.82, 2.24) is 4.90 Å². The summed E-state index contributed by atoms with van der Waals surface area (Å²) in [5, 5.41) is 10.4. The highest BCUT2D eigenvalue weighted by atomic mass is 16.3. The molecule has 0 aliphatic heterocycles. The first-order chi connectivity index (χ1) is 7.51. The van der Waals surface area contributed by atoms with E-state index in [0.29, 0.717) is 5.92 Å². The van der Waals surface area contributed by atoms with Crippen molar-refractivity contribution in [1.29, 1.82) is 0 Å². The minimum Gasteiger partial charge on any atom is -0.392 e. The fourth-order valence-electron chi connectivity index (χ4n) is 2.98. The molecule has 2 heteroatoms. The van der Waals surface area contributed by atoms with Crippen LogP contribution in [0.4, 0.5) is 0 Å². The second-order valence-electron chi connectivity index (χ2n) is 5.98. The van der Waals surface area contributed by atoms with E-state index in [1.807, 2.05) is 0 Å². The van der Waals surface area contributed by atoms with Crippen molar-refractivity contribution in [2.45, 2.75) is 59.5 Å². The van der Waals surface area contributed by atoms with Crippen LogP contribution in [-0.2, 0) is 0 Å². The van der Waals surface area contributed by atoms with Crippen molar-refractivity contribution >= 4 is 0 Å². The highest BCUT2D eigenvalue weighted by molar-refractivity contribution is 4.89. The Kier molecular flexibility index (Phi) is 5.26. The molecule has 0 radical (unpaired) electrons. The molecule has 1 rings (SSSR count). The Morgan fingerprint density at radius 3 is 2.56 bits per heavy atom. The lowest BCUT2D eigenvalue weighted by molar-refractivity contribution is -0.0425. The van der Waals surface area contributed by atoms with Gasteiger partial charge in [0.1, 0.15) is 0 Å². The van der Waals surface area contributed by atoms with Crippen molar-refractivity contribution in [3.05, 3.63) is 0 Å². The van der Waals surface area contributed by atoms with Crippen LogP contribution in [-0.4, -0.2) is 35.7 Å². The average Bonchev–Trinajstić information content (AvgIpc) is 2.24. The fourth-order valence-corrected chi connectivity index (χ4v) is 2.98. The zero-order valence-electron chi connectivity index (χ0n) is 11.5. The van der Waals surface area contributed by atoms with Crippen LogP contribution >= 0.6 is 0 Å². The molecule has 0 aromatic carbocycles. The minimum atomic E-state index is -0.118. The van der Waals surface area contributed by atoms with Crippen LogP contribution in [0.2, 0.25) is 0 Å². The maximum absolute atomic E-state index is 10.4. The summed E-state index contributed by atoms with van der Waals surface area (Å²) in [7, 11) is 0. The zero-order valence-corrected chi connectivity index (χ0v) is 11.5. The van der Waals surface area contributed by atoms with E-state index in [2.05, 4.69) is 32.6 Å². The largest absolute Gasteiger partial charge is 0.392 e. The van der Waals surface area contributed by atoms with Gasteiger partial charge in [0.2, 0.25) is 0 Å². The molecule has 0 amide bonds. The van der Waals surface area contributed by atoms with Gasteiger partial charge in [-0.05, 0) is 43.7 Å². The molecule has 2 unspecified atom stereocenters. The number of hydrogen-bond acceptors (Lipinski definition) is 2. The molecule has 2 atom stereocenters. The smallest absolute Gasteiger partial charge is 0.0631 e. The van der Waals surface area contributed by atoms with Gasteiger partial charge in [-0.3, -0.25) is 0 Å². The Hall–Kier alpha value is -0.0800. The van der Waals surface area contributed by atoms with E-state index >= 15 is 0 Å². The van der Waals surface area contributed by atoms with Gasteiger partial charge >= 0.3 is 0 Å². The predicted octanol–water partition coefficient (Wildman–Crippen LogP) is 2.91. The van der Waals surface area contributed by atoms with Gasteiger partial charge < -0.3 is 10.0 Å². The van der Waals surface area contributed by atoms with Gasteiger partial charge in [0.15, 0.2) is 0 Å². The van der Waals surface area contributed by atoms with E-state index in [9.17, 15) is 5.11 Å². The summed E-state index contributed by atoms with van der Waals surface area (Å²) in [6.07, 6.45) is 4.74. The molecule has 0 bridgehead atoms. The van der Waals surface area contributed by atoms with Crippen LogP contribution in [0.3, 0.4) is 0 Å². The molecule has 0 aromatic rings. The monoisotopic (exact) mass is 227 g/mol. The van der Waals surface area contributed by atoms with E-state index < -0.39 is 0 Å². The quantitative estimate of drug-likeness (QED) is 0.780. The normalized spacial score (nSPS) is 29.6. The van der Waals surface area contributed by atoms with Crippen LogP contribution in [0.5, 0.6) is 0 Å². The summed E-state index contributed by atoms with van der Waals surface area (Å²) < 4.78 is 0. The second-order valence-corrected chi connectivity index (χ2v) is 5.98. The number of rotatable bonds is 5. The topological polar surface area (TPSA) is 23.5 Å². The Balaban J connectivity index is 2.52. The first kappa shape index (κ1) is 14.0. The van der Waals surface area contributed by atoms with Crippen molar-refractivity contribution in [2.75, 3.05) is 19.6 Å². The Morgan fingerprint density at radius 2 is 2.00 bits per heavy atom. The molecule has 16 heavy (non-hydrogen) atoms. The van der Waals surface area contributed by atoms with Gasteiger partial charge in [-0.1, -0.05) is 34.1 Å². The number of nitrogens with zero attached hydrogens (tertiary/aromatic N) is 1. The third-order valence-corrected chi connectivity index (χ3v) is 4.12. The first-order valence-corrected chi connectivity index (χ1v) is 6.91. The molecule has 1 saturated carbocycles. The molecule has 96 valence electrons. The lowest BCUT2D eigenvalue weighted by atomic mass is 9.69. The number of hydrogen-bond donors (Lipinski definition) is 1.